The highest BCUT2D eigenvalue weighted by molar-refractivity contribution is 8.00. The fourth-order valence-corrected chi connectivity index (χ4v) is 3.44. The van der Waals surface area contributed by atoms with Gasteiger partial charge in [0.05, 0.1) is 11.5 Å². The van der Waals surface area contributed by atoms with Gasteiger partial charge < -0.3 is 4.57 Å². The maximum atomic E-state index is 12.5. The SMILES string of the molecule is C=CCn1cnnc1SC(C)C(=O)c1ccc(NS(C)(=O)=O)cc1. The molecule has 9 heteroatoms. The van der Waals surface area contributed by atoms with E-state index in [-0.39, 0.29) is 11.0 Å². The lowest BCUT2D eigenvalue weighted by atomic mass is 10.1. The molecule has 1 aromatic carbocycles. The van der Waals surface area contributed by atoms with E-state index in [9.17, 15) is 13.2 Å². The molecule has 7 nitrogen and oxygen atoms in total. The fourth-order valence-electron chi connectivity index (χ4n) is 1.96. The summed E-state index contributed by atoms with van der Waals surface area (Å²) < 4.78 is 26.5. The number of hydrogen-bond acceptors (Lipinski definition) is 6. The average Bonchev–Trinajstić information content (AvgIpc) is 2.93. The van der Waals surface area contributed by atoms with Crippen LogP contribution in [-0.2, 0) is 16.6 Å². The Morgan fingerprint density at radius 1 is 1.42 bits per heavy atom. The maximum Gasteiger partial charge on any atom is 0.229 e. The zero-order valence-corrected chi connectivity index (χ0v) is 15.0. The largest absolute Gasteiger partial charge is 0.305 e. The highest BCUT2D eigenvalue weighted by atomic mass is 32.2. The van der Waals surface area contributed by atoms with Crippen LogP contribution in [0.3, 0.4) is 0 Å². The molecule has 0 spiro atoms. The fraction of sp³-hybridized carbons (Fsp3) is 0.267. The third-order valence-corrected chi connectivity index (χ3v) is 4.73. The van der Waals surface area contributed by atoms with Crippen LogP contribution in [0, 0.1) is 0 Å². The van der Waals surface area contributed by atoms with E-state index in [4.69, 9.17) is 0 Å². The molecular formula is C15H18N4O3S2. The van der Waals surface area contributed by atoms with Gasteiger partial charge in [-0.25, -0.2) is 8.42 Å². The summed E-state index contributed by atoms with van der Waals surface area (Å²) in [7, 11) is -3.34. The highest BCUT2D eigenvalue weighted by Gasteiger charge is 2.19. The van der Waals surface area contributed by atoms with Crippen molar-refractivity contribution in [3.8, 4) is 0 Å². The number of benzene rings is 1. The number of anilines is 1. The molecule has 1 N–H and O–H groups in total. The van der Waals surface area contributed by atoms with Crippen LogP contribution in [0.4, 0.5) is 5.69 Å². The standard InChI is InChI=1S/C15H18N4O3S2/c1-4-9-19-10-16-17-15(19)23-11(2)14(20)12-5-7-13(8-6-12)18-24(3,21)22/h4-8,10-11,18H,1,9H2,2-3H3. The summed E-state index contributed by atoms with van der Waals surface area (Å²) in [6.07, 6.45) is 4.39. The van der Waals surface area contributed by atoms with Crippen LogP contribution in [0.2, 0.25) is 0 Å². The van der Waals surface area contributed by atoms with Gasteiger partial charge in [-0.15, -0.1) is 16.8 Å². The number of ketones is 1. The lowest BCUT2D eigenvalue weighted by Gasteiger charge is -2.11. The predicted octanol–water partition coefficient (Wildman–Crippen LogP) is 2.20. The van der Waals surface area contributed by atoms with E-state index in [1.54, 1.807) is 48.2 Å². The molecule has 0 fully saturated rings. The summed E-state index contributed by atoms with van der Waals surface area (Å²) >= 11 is 1.31. The minimum absolute atomic E-state index is 0.0703. The molecule has 1 unspecified atom stereocenters. The van der Waals surface area contributed by atoms with Crippen LogP contribution in [0.5, 0.6) is 0 Å². The van der Waals surface area contributed by atoms with E-state index in [1.165, 1.54) is 11.8 Å². The first-order valence-electron chi connectivity index (χ1n) is 7.07. The van der Waals surface area contributed by atoms with E-state index in [1.807, 2.05) is 0 Å². The molecule has 2 aromatic rings. The van der Waals surface area contributed by atoms with E-state index in [0.29, 0.717) is 23.0 Å². The Labute approximate surface area is 145 Å². The molecule has 1 aromatic heterocycles. The normalized spacial score (nSPS) is 12.6. The molecule has 24 heavy (non-hydrogen) atoms. The van der Waals surface area contributed by atoms with E-state index >= 15 is 0 Å². The lowest BCUT2D eigenvalue weighted by molar-refractivity contribution is 0.0994. The summed E-state index contributed by atoms with van der Waals surface area (Å²) in [6, 6.07) is 6.32. The van der Waals surface area contributed by atoms with Gasteiger partial charge in [0.1, 0.15) is 6.33 Å². The Kier molecular flexibility index (Phi) is 5.79. The van der Waals surface area contributed by atoms with Crippen molar-refractivity contribution in [1.82, 2.24) is 14.8 Å². The van der Waals surface area contributed by atoms with Crippen LogP contribution in [0.1, 0.15) is 17.3 Å². The molecule has 0 aliphatic carbocycles. The first-order valence-corrected chi connectivity index (χ1v) is 9.84. The summed E-state index contributed by atoms with van der Waals surface area (Å²) in [5.41, 5.74) is 0.920. The van der Waals surface area contributed by atoms with Gasteiger partial charge in [0.15, 0.2) is 10.9 Å². The molecule has 1 atom stereocenters. The number of rotatable bonds is 8. The molecule has 0 radical (unpaired) electrons. The van der Waals surface area contributed by atoms with Gasteiger partial charge in [0.25, 0.3) is 0 Å². The number of Topliss-reactive ketones (excluding diaryl/α,β-unsaturated/α-hetero) is 1. The number of hydrogen-bond donors (Lipinski definition) is 1. The number of thioether (sulfide) groups is 1. The minimum atomic E-state index is -3.34. The molecule has 0 aliphatic rings. The van der Waals surface area contributed by atoms with E-state index < -0.39 is 10.0 Å². The van der Waals surface area contributed by atoms with Crippen molar-refractivity contribution in [1.29, 1.82) is 0 Å². The number of allylic oxidation sites excluding steroid dienone is 1. The molecule has 128 valence electrons. The van der Waals surface area contributed by atoms with Gasteiger partial charge in [0.2, 0.25) is 10.0 Å². The second-order valence-electron chi connectivity index (χ2n) is 5.13. The van der Waals surface area contributed by atoms with Gasteiger partial charge in [-0.3, -0.25) is 9.52 Å². The van der Waals surface area contributed by atoms with Crippen LogP contribution < -0.4 is 4.72 Å². The molecular weight excluding hydrogens is 348 g/mol. The third kappa shape index (κ3) is 4.93. The van der Waals surface area contributed by atoms with Crippen molar-refractivity contribution >= 4 is 33.3 Å². The van der Waals surface area contributed by atoms with Gasteiger partial charge in [-0.05, 0) is 31.2 Å². The molecule has 0 saturated heterocycles. The van der Waals surface area contributed by atoms with Gasteiger partial charge >= 0.3 is 0 Å². The number of carbonyl (C=O) groups excluding carboxylic acids is 1. The van der Waals surface area contributed by atoms with E-state index in [2.05, 4.69) is 21.5 Å². The summed E-state index contributed by atoms with van der Waals surface area (Å²) in [5.74, 6) is -0.0703. The third-order valence-electron chi connectivity index (χ3n) is 3.03. The Morgan fingerprint density at radius 3 is 2.67 bits per heavy atom. The summed E-state index contributed by atoms with van der Waals surface area (Å²) in [6.45, 7) is 6.04. The first kappa shape index (κ1) is 18.2. The molecule has 0 aliphatic heterocycles. The van der Waals surface area contributed by atoms with Crippen molar-refractivity contribution in [2.75, 3.05) is 11.0 Å². The highest BCUT2D eigenvalue weighted by Crippen LogP contribution is 2.24. The van der Waals surface area contributed by atoms with Crippen molar-refractivity contribution in [3.63, 3.8) is 0 Å². The number of nitrogens with one attached hydrogen (secondary N) is 1. The monoisotopic (exact) mass is 366 g/mol. The number of aromatic nitrogens is 3. The molecule has 0 bridgehead atoms. The number of carbonyl (C=O) groups is 1. The molecule has 0 amide bonds. The predicted molar refractivity (Wildman–Crippen MR) is 94.8 cm³/mol. The van der Waals surface area contributed by atoms with Crippen LogP contribution in [0.25, 0.3) is 0 Å². The molecule has 2 rings (SSSR count). The molecule has 1 heterocycles. The van der Waals surface area contributed by atoms with Crippen molar-refractivity contribution in [3.05, 3.63) is 48.8 Å². The Balaban J connectivity index is 2.07. The zero-order chi connectivity index (χ0) is 17.7. The maximum absolute atomic E-state index is 12.5. The number of nitrogens with zero attached hydrogens (tertiary/aromatic N) is 3. The average molecular weight is 366 g/mol. The van der Waals surface area contributed by atoms with Crippen LogP contribution in [0.15, 0.2) is 48.4 Å². The van der Waals surface area contributed by atoms with Crippen molar-refractivity contribution < 1.29 is 13.2 Å². The summed E-state index contributed by atoms with van der Waals surface area (Å²) in [4.78, 5) is 12.5. The molecule has 0 saturated carbocycles. The van der Waals surface area contributed by atoms with Crippen LogP contribution in [-0.4, -0.2) is 40.5 Å². The van der Waals surface area contributed by atoms with Crippen molar-refractivity contribution in [2.24, 2.45) is 0 Å². The topological polar surface area (TPSA) is 93.9 Å². The van der Waals surface area contributed by atoms with Crippen molar-refractivity contribution in [2.45, 2.75) is 23.9 Å². The smallest absolute Gasteiger partial charge is 0.229 e. The van der Waals surface area contributed by atoms with Crippen LogP contribution >= 0.6 is 11.8 Å². The summed E-state index contributed by atoms with van der Waals surface area (Å²) in [5, 5.41) is 8.13. The van der Waals surface area contributed by atoms with E-state index in [0.717, 1.165) is 6.26 Å². The van der Waals surface area contributed by atoms with Gasteiger partial charge in [0, 0.05) is 17.8 Å². The Bertz CT molecular complexity index is 829. The van der Waals surface area contributed by atoms with Gasteiger partial charge in [-0.1, -0.05) is 17.8 Å². The van der Waals surface area contributed by atoms with Gasteiger partial charge in [-0.2, -0.15) is 0 Å². The second kappa shape index (κ2) is 7.63. The second-order valence-corrected chi connectivity index (χ2v) is 8.19. The lowest BCUT2D eigenvalue weighted by Crippen LogP contribution is -2.15. The quantitative estimate of drug-likeness (QED) is 0.437. The number of sulfonamides is 1. The Hall–Kier alpha value is -2.13. The Morgan fingerprint density at radius 2 is 2.08 bits per heavy atom. The minimum Gasteiger partial charge on any atom is -0.305 e. The zero-order valence-electron chi connectivity index (χ0n) is 13.3. The first-order chi connectivity index (χ1) is 11.3.